The number of nitrogens with zero attached hydrogens (tertiary/aromatic N) is 5. The monoisotopic (exact) mass is 799 g/mol. The number of rotatable bonds is 23. The number of benzene rings is 2. The minimum Gasteiger partial charge on any atom is -0.494 e. The Morgan fingerprint density at radius 2 is 1.51 bits per heavy atom. The summed E-state index contributed by atoms with van der Waals surface area (Å²) in [5.74, 6) is -0.271. The molecule has 0 bridgehead atoms. The molecule has 0 unspecified atom stereocenters. The van der Waals surface area contributed by atoms with Crippen LogP contribution in [-0.4, -0.2) is 65.3 Å². The fourth-order valence-electron chi connectivity index (χ4n) is 6.19. The number of carbonyl (C=O) groups is 4. The fourth-order valence-corrected chi connectivity index (χ4v) is 7.04. The van der Waals surface area contributed by atoms with Gasteiger partial charge in [0, 0.05) is 30.6 Å². The van der Waals surface area contributed by atoms with E-state index in [1.54, 1.807) is 66.1 Å². The van der Waals surface area contributed by atoms with Crippen LogP contribution in [0.2, 0.25) is 0 Å². The zero-order valence-corrected chi connectivity index (χ0v) is 33.0. The molecule has 14 nitrogen and oxygen atoms in total. The summed E-state index contributed by atoms with van der Waals surface area (Å²) in [6, 6.07) is 11.6. The third-order valence-electron chi connectivity index (χ3n) is 9.35. The van der Waals surface area contributed by atoms with Gasteiger partial charge in [0.05, 0.1) is 31.3 Å². The Balaban J connectivity index is 1.11. The van der Waals surface area contributed by atoms with Gasteiger partial charge in [0.15, 0.2) is 10.5 Å². The second-order valence-electron chi connectivity index (χ2n) is 13.5. The molecule has 0 saturated heterocycles. The highest BCUT2D eigenvalue weighted by molar-refractivity contribution is 7.21. The topological polar surface area (TPSA) is 169 Å². The van der Waals surface area contributed by atoms with Crippen LogP contribution in [0.4, 0.5) is 5.13 Å². The Kier molecular flexibility index (Phi) is 16.9. The van der Waals surface area contributed by atoms with Crippen molar-refractivity contribution in [1.29, 1.82) is 0 Å². The Morgan fingerprint density at radius 3 is 2.21 bits per heavy atom. The highest BCUT2D eigenvalue weighted by atomic mass is 32.1. The van der Waals surface area contributed by atoms with Gasteiger partial charge in [-0.25, -0.2) is 19.8 Å². The number of hydrogen-bond acceptors (Lipinski definition) is 15. The van der Waals surface area contributed by atoms with Crippen molar-refractivity contribution < 1.29 is 42.9 Å². The first kappa shape index (κ1) is 42.4. The van der Waals surface area contributed by atoms with Crippen LogP contribution in [0.15, 0.2) is 72.6 Å². The van der Waals surface area contributed by atoms with E-state index in [0.717, 1.165) is 57.4 Å². The van der Waals surface area contributed by atoms with Gasteiger partial charge in [-0.05, 0) is 100 Å². The molecule has 0 N–H and O–H groups in total. The predicted molar refractivity (Wildman–Crippen MR) is 216 cm³/mol. The van der Waals surface area contributed by atoms with E-state index < -0.39 is 17.9 Å². The molecule has 2 aromatic heterocycles. The van der Waals surface area contributed by atoms with Crippen LogP contribution in [0.3, 0.4) is 0 Å². The van der Waals surface area contributed by atoms with Crippen molar-refractivity contribution >= 4 is 57.5 Å². The molecule has 2 heterocycles. The molecule has 0 atom stereocenters. The summed E-state index contributed by atoms with van der Waals surface area (Å²) < 4.78 is 27.4. The van der Waals surface area contributed by atoms with Crippen molar-refractivity contribution in [2.45, 2.75) is 84.0 Å². The first-order valence-corrected chi connectivity index (χ1v) is 20.3. The zero-order chi connectivity index (χ0) is 40.2. The van der Waals surface area contributed by atoms with Crippen LogP contribution in [0.25, 0.3) is 10.5 Å². The molecule has 0 amide bonds. The average molecular weight is 800 g/mol. The largest absolute Gasteiger partial charge is 0.494 e. The Hall–Kier alpha value is -5.70. The van der Waals surface area contributed by atoms with Crippen LogP contribution >= 0.6 is 11.3 Å². The van der Waals surface area contributed by atoms with Crippen LogP contribution in [-0.2, 0) is 23.9 Å². The minimum atomic E-state index is -0.412. The van der Waals surface area contributed by atoms with E-state index in [4.69, 9.17) is 28.8 Å². The highest BCUT2D eigenvalue weighted by Gasteiger charge is 2.32. The maximum Gasteiger partial charge on any atom is 0.330 e. The average Bonchev–Trinajstić information content (AvgIpc) is 3.67. The Labute approximate surface area is 336 Å². The molecular weight excluding hydrogens is 751 g/mol. The second-order valence-corrected chi connectivity index (χ2v) is 14.5. The molecule has 4 aromatic rings. The number of aromatic nitrogens is 3. The van der Waals surface area contributed by atoms with Gasteiger partial charge >= 0.3 is 17.9 Å². The maximum absolute atomic E-state index is 13.4. The van der Waals surface area contributed by atoms with Gasteiger partial charge in [-0.15, -0.1) is 0 Å². The lowest BCUT2D eigenvalue weighted by Gasteiger charge is -2.26. The van der Waals surface area contributed by atoms with Gasteiger partial charge in [-0.3, -0.25) is 14.4 Å². The molecule has 1 fully saturated rings. The van der Waals surface area contributed by atoms with E-state index in [1.807, 2.05) is 0 Å². The van der Waals surface area contributed by atoms with E-state index in [0.29, 0.717) is 84.6 Å². The lowest BCUT2D eigenvalue weighted by Crippen LogP contribution is -2.30. The second kappa shape index (κ2) is 22.8. The van der Waals surface area contributed by atoms with E-state index in [-0.39, 0.29) is 23.4 Å². The standard InChI is InChI=1S/C42H49N5O9S/c1-3-5-6-9-24-47(42-46-38-39(57-42)44-23-22-43-38)45-28-32-27-35(54-29-48)20-21-36(32)56-41(51)31-14-12-30(13-15-31)40(50)55-34-18-16-33(17-19-34)52-25-10-7-8-11-26-53-37(49)4-2/h4,16-23,27-31H,2-3,5-15,24-26H2,1H3/b45-28+/t30-,31-. The van der Waals surface area contributed by atoms with Crippen molar-refractivity contribution in [3.05, 3.63) is 73.1 Å². The first-order chi connectivity index (χ1) is 27.9. The van der Waals surface area contributed by atoms with Gasteiger partial charge < -0.3 is 23.7 Å². The van der Waals surface area contributed by atoms with Crippen molar-refractivity contribution in [3.8, 4) is 23.0 Å². The SMILES string of the molecule is C=CC(=O)OCCCCCCOc1ccc(OC(=O)[C@H]2CC[C@H](C(=O)Oc3ccc(OC=O)cc3/C=N/N(CCCCCC)c3nc4nccnc4s3)CC2)cc1. The highest BCUT2D eigenvalue weighted by Crippen LogP contribution is 2.33. The summed E-state index contributed by atoms with van der Waals surface area (Å²) in [6.45, 7) is 7.39. The third kappa shape index (κ3) is 13.5. The van der Waals surface area contributed by atoms with Gasteiger partial charge in [0.1, 0.15) is 23.0 Å². The first-order valence-electron chi connectivity index (χ1n) is 19.5. The van der Waals surface area contributed by atoms with Crippen molar-refractivity contribution in [2.24, 2.45) is 16.9 Å². The number of ether oxygens (including phenoxy) is 5. The van der Waals surface area contributed by atoms with E-state index in [9.17, 15) is 19.2 Å². The van der Waals surface area contributed by atoms with Gasteiger partial charge in [-0.1, -0.05) is 44.1 Å². The molecule has 1 saturated carbocycles. The van der Waals surface area contributed by atoms with E-state index in [1.165, 1.54) is 11.3 Å². The van der Waals surface area contributed by atoms with Crippen LogP contribution < -0.4 is 24.0 Å². The molecule has 15 heteroatoms. The fraction of sp³-hybridized carbons (Fsp3) is 0.429. The molecule has 1 aliphatic carbocycles. The van der Waals surface area contributed by atoms with Crippen LogP contribution in [0, 0.1) is 11.8 Å². The maximum atomic E-state index is 13.4. The lowest BCUT2D eigenvalue weighted by molar-refractivity contribution is -0.145. The molecule has 2 aromatic carbocycles. The summed E-state index contributed by atoms with van der Waals surface area (Å²) in [4.78, 5) is 62.7. The summed E-state index contributed by atoms with van der Waals surface area (Å²) in [6.07, 6.45) is 15.5. The summed E-state index contributed by atoms with van der Waals surface area (Å²) in [7, 11) is 0. The molecule has 302 valence electrons. The number of fused-ring (bicyclic) bond motifs is 1. The van der Waals surface area contributed by atoms with E-state index in [2.05, 4.69) is 28.5 Å². The van der Waals surface area contributed by atoms with Crippen molar-refractivity contribution in [1.82, 2.24) is 15.0 Å². The normalized spacial score (nSPS) is 15.2. The smallest absolute Gasteiger partial charge is 0.330 e. The molecule has 1 aliphatic rings. The number of hydrogen-bond donors (Lipinski definition) is 0. The Bertz CT molecular complexity index is 1930. The number of unbranched alkanes of at least 4 members (excludes halogenated alkanes) is 6. The van der Waals surface area contributed by atoms with Crippen molar-refractivity contribution in [3.63, 3.8) is 0 Å². The van der Waals surface area contributed by atoms with Crippen LogP contribution in [0.1, 0.15) is 89.5 Å². The molecule has 0 aliphatic heterocycles. The lowest BCUT2D eigenvalue weighted by atomic mass is 9.82. The number of anilines is 1. The van der Waals surface area contributed by atoms with Gasteiger partial charge in [0.2, 0.25) is 5.13 Å². The summed E-state index contributed by atoms with van der Waals surface area (Å²) >= 11 is 1.38. The third-order valence-corrected chi connectivity index (χ3v) is 10.3. The summed E-state index contributed by atoms with van der Waals surface area (Å²) in [5, 5.41) is 7.15. The Morgan fingerprint density at radius 1 is 0.842 bits per heavy atom. The number of carbonyl (C=O) groups excluding carboxylic acids is 4. The molecule has 0 spiro atoms. The number of hydrazone groups is 1. The zero-order valence-electron chi connectivity index (χ0n) is 32.2. The number of thiazole rings is 1. The quantitative estimate of drug-likeness (QED) is 0.0135. The van der Waals surface area contributed by atoms with Gasteiger partial charge in [-0.2, -0.15) is 10.1 Å². The molecule has 0 radical (unpaired) electrons. The number of esters is 3. The molecule has 5 rings (SSSR count). The van der Waals surface area contributed by atoms with Gasteiger partial charge in [0.25, 0.3) is 6.47 Å². The predicted octanol–water partition coefficient (Wildman–Crippen LogP) is 8.03. The summed E-state index contributed by atoms with van der Waals surface area (Å²) in [5.41, 5.74) is 0.973. The van der Waals surface area contributed by atoms with Crippen molar-refractivity contribution in [2.75, 3.05) is 24.8 Å². The minimum absolute atomic E-state index is 0.262. The molecular formula is C42H49N5O9S. The van der Waals surface area contributed by atoms with Crippen LogP contribution in [0.5, 0.6) is 23.0 Å². The molecule has 57 heavy (non-hydrogen) atoms. The van der Waals surface area contributed by atoms with E-state index >= 15 is 0 Å².